The number of pyridine rings is 1. The minimum Gasteiger partial charge on any atom is -0.457 e. The van der Waals surface area contributed by atoms with Crippen LogP contribution in [0.1, 0.15) is 40.4 Å². The van der Waals surface area contributed by atoms with Crippen LogP contribution in [0, 0.1) is 0 Å². The second-order valence-electron chi connectivity index (χ2n) is 5.90. The fourth-order valence-corrected chi connectivity index (χ4v) is 2.97. The van der Waals surface area contributed by atoms with Gasteiger partial charge in [-0.2, -0.15) is 0 Å². The highest BCUT2D eigenvalue weighted by atomic mass is 16.5. The number of hydrogen-bond acceptors (Lipinski definition) is 5. The molecule has 0 amide bonds. The summed E-state index contributed by atoms with van der Waals surface area (Å²) in [4.78, 5) is 18.8. The first-order valence-corrected chi connectivity index (χ1v) is 7.82. The maximum Gasteiger partial charge on any atom is 0.342 e. The molecular weight excluding hydrogens is 290 g/mol. The van der Waals surface area contributed by atoms with E-state index in [0.29, 0.717) is 11.6 Å². The molecule has 2 heterocycles. The van der Waals surface area contributed by atoms with Crippen LogP contribution in [0.5, 0.6) is 0 Å². The van der Waals surface area contributed by atoms with E-state index in [0.717, 1.165) is 30.5 Å². The minimum atomic E-state index is -0.429. The molecule has 0 aliphatic carbocycles. The van der Waals surface area contributed by atoms with Gasteiger partial charge in [-0.25, -0.2) is 9.78 Å². The van der Waals surface area contributed by atoms with Crippen LogP contribution in [0.4, 0.5) is 5.82 Å². The molecule has 1 atom stereocenters. The molecule has 0 bridgehead atoms. The number of nitrogen functional groups attached to an aromatic ring is 1. The number of aromatic nitrogens is 1. The zero-order valence-electron chi connectivity index (χ0n) is 13.2. The monoisotopic (exact) mass is 311 g/mol. The molecule has 1 fully saturated rings. The number of benzene rings is 1. The fraction of sp³-hybridized carbons (Fsp3) is 0.333. The van der Waals surface area contributed by atoms with Crippen molar-refractivity contribution < 1.29 is 9.53 Å². The first-order valence-electron chi connectivity index (χ1n) is 7.82. The van der Waals surface area contributed by atoms with Crippen LogP contribution < -0.4 is 5.73 Å². The molecule has 5 heteroatoms. The van der Waals surface area contributed by atoms with Gasteiger partial charge in [0.25, 0.3) is 0 Å². The molecule has 2 aromatic rings. The average Bonchev–Trinajstić information content (AvgIpc) is 3.00. The molecule has 3 rings (SSSR count). The van der Waals surface area contributed by atoms with E-state index in [1.807, 2.05) is 36.4 Å². The van der Waals surface area contributed by atoms with Crippen LogP contribution in [-0.4, -0.2) is 29.4 Å². The number of carbonyl (C=O) groups is 1. The summed E-state index contributed by atoms with van der Waals surface area (Å²) < 4.78 is 5.37. The number of carbonyl (C=O) groups excluding carboxylic acids is 1. The molecule has 1 saturated heterocycles. The number of esters is 1. The van der Waals surface area contributed by atoms with Crippen molar-refractivity contribution in [1.82, 2.24) is 9.88 Å². The van der Waals surface area contributed by atoms with Gasteiger partial charge in [0.15, 0.2) is 0 Å². The third-order valence-electron chi connectivity index (χ3n) is 4.28. The minimum absolute atomic E-state index is 0.215. The number of anilines is 1. The van der Waals surface area contributed by atoms with Gasteiger partial charge in [-0.3, -0.25) is 4.90 Å². The highest BCUT2D eigenvalue weighted by Crippen LogP contribution is 2.31. The molecule has 1 aliphatic rings. The largest absolute Gasteiger partial charge is 0.457 e. The van der Waals surface area contributed by atoms with E-state index >= 15 is 0 Å². The fourth-order valence-electron chi connectivity index (χ4n) is 2.97. The first-order chi connectivity index (χ1) is 11.1. The molecule has 23 heavy (non-hydrogen) atoms. The average molecular weight is 311 g/mol. The molecular formula is C18H21N3O2. The van der Waals surface area contributed by atoms with E-state index in [1.165, 1.54) is 0 Å². The van der Waals surface area contributed by atoms with Gasteiger partial charge in [0.05, 0.1) is 0 Å². The summed E-state index contributed by atoms with van der Waals surface area (Å²) >= 11 is 0. The Labute approximate surface area is 136 Å². The summed E-state index contributed by atoms with van der Waals surface area (Å²) in [5.74, 6) is -0.214. The summed E-state index contributed by atoms with van der Waals surface area (Å²) in [6, 6.07) is 11.7. The van der Waals surface area contributed by atoms with Crippen molar-refractivity contribution in [2.75, 3.05) is 19.3 Å². The number of hydrogen-bond donors (Lipinski definition) is 1. The SMILES string of the molecule is CN1CCCC1c1cnc(N)c(C(=O)OCc2ccccc2)c1. The Morgan fingerprint density at radius 1 is 1.39 bits per heavy atom. The van der Waals surface area contributed by atoms with E-state index < -0.39 is 5.97 Å². The van der Waals surface area contributed by atoms with E-state index in [2.05, 4.69) is 16.9 Å². The quantitative estimate of drug-likeness (QED) is 0.879. The van der Waals surface area contributed by atoms with E-state index in [9.17, 15) is 4.79 Å². The Bertz CT molecular complexity index is 688. The van der Waals surface area contributed by atoms with E-state index in [1.54, 1.807) is 6.20 Å². The van der Waals surface area contributed by atoms with Gasteiger partial charge in [0.1, 0.15) is 18.0 Å². The molecule has 1 aliphatic heterocycles. The van der Waals surface area contributed by atoms with Crippen molar-refractivity contribution >= 4 is 11.8 Å². The molecule has 0 radical (unpaired) electrons. The molecule has 1 unspecified atom stereocenters. The highest BCUT2D eigenvalue weighted by Gasteiger charge is 2.24. The smallest absolute Gasteiger partial charge is 0.342 e. The van der Waals surface area contributed by atoms with Crippen LogP contribution in [0.3, 0.4) is 0 Å². The Balaban J connectivity index is 1.74. The molecule has 1 aromatic heterocycles. The molecule has 5 nitrogen and oxygen atoms in total. The molecule has 0 saturated carbocycles. The topological polar surface area (TPSA) is 68.5 Å². The standard InChI is InChI=1S/C18H21N3O2/c1-21-9-5-8-16(21)14-10-15(17(19)20-11-14)18(22)23-12-13-6-3-2-4-7-13/h2-4,6-7,10-11,16H,5,8-9,12H2,1H3,(H2,19,20). The summed E-state index contributed by atoms with van der Waals surface area (Å²) in [5, 5.41) is 0. The van der Waals surface area contributed by atoms with Gasteiger partial charge >= 0.3 is 5.97 Å². The van der Waals surface area contributed by atoms with Gasteiger partial charge in [0.2, 0.25) is 0 Å². The lowest BCUT2D eigenvalue weighted by Gasteiger charge is -2.20. The third-order valence-corrected chi connectivity index (χ3v) is 4.28. The summed E-state index contributed by atoms with van der Waals surface area (Å²) in [6.07, 6.45) is 3.98. The van der Waals surface area contributed by atoms with Crippen molar-refractivity contribution in [2.45, 2.75) is 25.5 Å². The number of rotatable bonds is 4. The molecule has 2 N–H and O–H groups in total. The van der Waals surface area contributed by atoms with Crippen LogP contribution in [0.15, 0.2) is 42.6 Å². The lowest BCUT2D eigenvalue weighted by atomic mass is 10.0. The van der Waals surface area contributed by atoms with E-state index in [-0.39, 0.29) is 12.4 Å². The third kappa shape index (κ3) is 3.51. The Morgan fingerprint density at radius 2 is 2.17 bits per heavy atom. The van der Waals surface area contributed by atoms with Crippen LogP contribution in [0.25, 0.3) is 0 Å². The maximum absolute atomic E-state index is 12.3. The number of nitrogens with zero attached hydrogens (tertiary/aromatic N) is 2. The predicted molar refractivity (Wildman–Crippen MR) is 88.8 cm³/mol. The Kier molecular flexibility index (Phi) is 4.57. The van der Waals surface area contributed by atoms with Gasteiger partial charge in [-0.15, -0.1) is 0 Å². The van der Waals surface area contributed by atoms with Crippen molar-refractivity contribution in [3.63, 3.8) is 0 Å². The lowest BCUT2D eigenvalue weighted by Crippen LogP contribution is -2.19. The van der Waals surface area contributed by atoms with Crippen molar-refractivity contribution in [3.8, 4) is 0 Å². The second-order valence-corrected chi connectivity index (χ2v) is 5.90. The number of ether oxygens (including phenoxy) is 1. The zero-order chi connectivity index (χ0) is 16.2. The highest BCUT2D eigenvalue weighted by molar-refractivity contribution is 5.94. The van der Waals surface area contributed by atoms with Gasteiger partial charge < -0.3 is 10.5 Å². The summed E-state index contributed by atoms with van der Waals surface area (Å²) in [6.45, 7) is 1.29. The van der Waals surface area contributed by atoms with Gasteiger partial charge in [0, 0.05) is 12.2 Å². The van der Waals surface area contributed by atoms with Crippen LogP contribution in [0.2, 0.25) is 0 Å². The van der Waals surface area contributed by atoms with Crippen molar-refractivity contribution in [3.05, 3.63) is 59.3 Å². The Morgan fingerprint density at radius 3 is 2.87 bits per heavy atom. The molecule has 120 valence electrons. The molecule has 0 spiro atoms. The molecule has 1 aromatic carbocycles. The summed E-state index contributed by atoms with van der Waals surface area (Å²) in [5.41, 5.74) is 8.18. The Hall–Kier alpha value is -2.40. The number of likely N-dealkylation sites (tertiary alicyclic amines) is 1. The van der Waals surface area contributed by atoms with Crippen molar-refractivity contribution in [1.29, 1.82) is 0 Å². The zero-order valence-corrected chi connectivity index (χ0v) is 13.2. The van der Waals surface area contributed by atoms with Gasteiger partial charge in [-0.1, -0.05) is 30.3 Å². The van der Waals surface area contributed by atoms with Gasteiger partial charge in [-0.05, 0) is 43.6 Å². The normalized spacial score (nSPS) is 18.0. The second kappa shape index (κ2) is 6.79. The lowest BCUT2D eigenvalue weighted by molar-refractivity contribution is 0.0473. The predicted octanol–water partition coefficient (Wildman–Crippen LogP) is 2.79. The van der Waals surface area contributed by atoms with E-state index in [4.69, 9.17) is 10.5 Å². The van der Waals surface area contributed by atoms with Crippen molar-refractivity contribution in [2.24, 2.45) is 0 Å². The maximum atomic E-state index is 12.3. The van der Waals surface area contributed by atoms with Crippen LogP contribution >= 0.6 is 0 Å². The first kappa shape index (κ1) is 15.5. The van der Waals surface area contributed by atoms with Crippen LogP contribution in [-0.2, 0) is 11.3 Å². The number of nitrogens with two attached hydrogens (primary N) is 1. The summed E-state index contributed by atoms with van der Waals surface area (Å²) in [7, 11) is 2.08.